The van der Waals surface area contributed by atoms with E-state index in [0.717, 1.165) is 23.1 Å². The van der Waals surface area contributed by atoms with Crippen LogP contribution in [0.5, 0.6) is 11.5 Å². The van der Waals surface area contributed by atoms with Gasteiger partial charge in [0.15, 0.2) is 0 Å². The van der Waals surface area contributed by atoms with Crippen LogP contribution < -0.4 is 14.2 Å². The highest BCUT2D eigenvalue weighted by atomic mass is 32.2. The lowest BCUT2D eigenvalue weighted by Gasteiger charge is -2.16. The number of aryl methyl sites for hydroxylation is 3. The van der Waals surface area contributed by atoms with Crippen molar-refractivity contribution in [3.63, 3.8) is 0 Å². The molecule has 0 amide bonds. The summed E-state index contributed by atoms with van der Waals surface area (Å²) in [4.78, 5) is 12.8. The first kappa shape index (κ1) is 30.6. The van der Waals surface area contributed by atoms with Crippen LogP contribution in [-0.4, -0.2) is 29.9 Å². The van der Waals surface area contributed by atoms with Crippen LogP contribution in [0.15, 0.2) is 94.7 Å². The van der Waals surface area contributed by atoms with Crippen molar-refractivity contribution in [2.24, 2.45) is 0 Å². The fraction of sp³-hybridized carbons (Fsp3) is 0.194. The van der Waals surface area contributed by atoms with E-state index in [9.17, 15) is 21.6 Å². The summed E-state index contributed by atoms with van der Waals surface area (Å²) in [5.41, 5.74) is 3.00. The Morgan fingerprint density at radius 1 is 0.690 bits per heavy atom. The van der Waals surface area contributed by atoms with E-state index in [1.165, 1.54) is 37.4 Å². The molecule has 0 heterocycles. The van der Waals surface area contributed by atoms with Crippen LogP contribution in [0.2, 0.25) is 0 Å². The third kappa shape index (κ3) is 7.29. The van der Waals surface area contributed by atoms with Gasteiger partial charge in [-0.1, -0.05) is 48.7 Å². The van der Waals surface area contributed by atoms with Gasteiger partial charge in [-0.3, -0.25) is 9.44 Å². The van der Waals surface area contributed by atoms with Crippen molar-refractivity contribution in [3.05, 3.63) is 107 Å². The third-order valence-electron chi connectivity index (χ3n) is 6.38. The highest BCUT2D eigenvalue weighted by Gasteiger charge is 2.21. The zero-order chi connectivity index (χ0) is 30.5. The minimum atomic E-state index is -3.97. The molecule has 0 saturated carbocycles. The maximum Gasteiger partial charge on any atom is 0.340 e. The van der Waals surface area contributed by atoms with Gasteiger partial charge in [-0.25, -0.2) is 21.6 Å². The van der Waals surface area contributed by atoms with Crippen molar-refractivity contribution in [1.29, 1.82) is 0 Å². The van der Waals surface area contributed by atoms with Crippen molar-refractivity contribution in [2.45, 2.75) is 43.4 Å². The largest absolute Gasteiger partial charge is 0.465 e. The second-order valence-electron chi connectivity index (χ2n) is 9.71. The van der Waals surface area contributed by atoms with Crippen LogP contribution in [0.4, 0.5) is 11.4 Å². The van der Waals surface area contributed by atoms with Crippen molar-refractivity contribution in [1.82, 2.24) is 0 Å². The van der Waals surface area contributed by atoms with E-state index in [1.807, 2.05) is 20.8 Å². The van der Waals surface area contributed by atoms with Gasteiger partial charge in [-0.15, -0.1) is 0 Å². The summed E-state index contributed by atoms with van der Waals surface area (Å²) in [6.07, 6.45) is 1.33. The van der Waals surface area contributed by atoms with Crippen LogP contribution in [-0.2, 0) is 31.2 Å². The quantitative estimate of drug-likeness (QED) is 0.188. The Bertz CT molecular complexity index is 1800. The number of rotatable bonds is 11. The molecule has 0 aromatic heterocycles. The van der Waals surface area contributed by atoms with Gasteiger partial charge >= 0.3 is 5.97 Å². The Hall–Kier alpha value is -4.35. The van der Waals surface area contributed by atoms with Gasteiger partial charge in [0.1, 0.15) is 11.5 Å². The van der Waals surface area contributed by atoms with Gasteiger partial charge in [-0.2, -0.15) is 0 Å². The molecule has 0 unspecified atom stereocenters. The molecule has 0 aliphatic carbocycles. The van der Waals surface area contributed by atoms with Crippen molar-refractivity contribution >= 4 is 37.4 Å². The third-order valence-corrected chi connectivity index (χ3v) is 9.14. The van der Waals surface area contributed by atoms with E-state index in [2.05, 4.69) is 9.44 Å². The number of anilines is 2. The first-order valence-corrected chi connectivity index (χ1v) is 16.1. The maximum atomic E-state index is 13.0. The van der Waals surface area contributed by atoms with Crippen molar-refractivity contribution < 1.29 is 31.1 Å². The molecule has 11 heteroatoms. The lowest BCUT2D eigenvalue weighted by atomic mass is 10.1. The molecular weight excluding hydrogens is 576 g/mol. The molecule has 4 aromatic carbocycles. The number of carbonyl (C=O) groups is 1. The van der Waals surface area contributed by atoms with E-state index in [-0.39, 0.29) is 26.8 Å². The molecule has 4 aromatic rings. The van der Waals surface area contributed by atoms with E-state index in [4.69, 9.17) is 9.47 Å². The molecule has 4 rings (SSSR count). The molecule has 0 bridgehead atoms. The predicted octanol–water partition coefficient (Wildman–Crippen LogP) is 6.44. The molecule has 2 N–H and O–H groups in total. The molecule has 0 aliphatic heterocycles. The molecule has 0 aliphatic rings. The van der Waals surface area contributed by atoms with Crippen LogP contribution >= 0.6 is 0 Å². The highest BCUT2D eigenvalue weighted by Crippen LogP contribution is 2.32. The summed E-state index contributed by atoms with van der Waals surface area (Å²) in [5, 5.41) is 0. The first-order chi connectivity index (χ1) is 19.9. The number of ether oxygens (including phenoxy) is 2. The molecule has 0 radical (unpaired) electrons. The number of hydrogen-bond acceptors (Lipinski definition) is 7. The van der Waals surface area contributed by atoms with Gasteiger partial charge in [0.05, 0.1) is 33.8 Å². The van der Waals surface area contributed by atoms with Crippen LogP contribution in [0.25, 0.3) is 0 Å². The highest BCUT2D eigenvalue weighted by molar-refractivity contribution is 7.93. The Balaban J connectivity index is 1.60. The van der Waals surface area contributed by atoms with Gasteiger partial charge in [0, 0.05) is 0 Å². The lowest BCUT2D eigenvalue weighted by Crippen LogP contribution is -2.16. The summed E-state index contributed by atoms with van der Waals surface area (Å²) >= 11 is 0. The predicted molar refractivity (Wildman–Crippen MR) is 162 cm³/mol. The summed E-state index contributed by atoms with van der Waals surface area (Å²) in [5.74, 6) is -0.0979. The molecule has 0 saturated heterocycles. The molecule has 0 atom stereocenters. The van der Waals surface area contributed by atoms with Crippen LogP contribution in [0, 0.1) is 13.8 Å². The van der Waals surface area contributed by atoms with Crippen LogP contribution in [0.1, 0.15) is 40.4 Å². The van der Waals surface area contributed by atoms with Gasteiger partial charge in [0.25, 0.3) is 20.0 Å². The number of methoxy groups -OCH3 is 1. The minimum absolute atomic E-state index is 0.0299. The normalized spacial score (nSPS) is 11.5. The Morgan fingerprint density at radius 3 is 1.67 bits per heavy atom. The maximum absolute atomic E-state index is 13.0. The lowest BCUT2D eigenvalue weighted by molar-refractivity contribution is 0.0601. The van der Waals surface area contributed by atoms with E-state index < -0.39 is 26.0 Å². The van der Waals surface area contributed by atoms with Gasteiger partial charge in [0.2, 0.25) is 0 Å². The topological polar surface area (TPSA) is 128 Å². The van der Waals surface area contributed by atoms with Crippen molar-refractivity contribution in [2.75, 3.05) is 16.6 Å². The number of sulfonamides is 2. The Morgan fingerprint density at radius 2 is 1.17 bits per heavy atom. The Labute approximate surface area is 246 Å². The van der Waals surface area contributed by atoms with E-state index in [0.29, 0.717) is 17.9 Å². The van der Waals surface area contributed by atoms with Gasteiger partial charge < -0.3 is 9.47 Å². The number of esters is 1. The molecule has 0 fully saturated rings. The standard InChI is InChI=1S/C31H32N2O7S2/c1-5-6-23-19-24(11-17-29(23)32-41(35,36)26-13-7-21(2)8-14-26)40-25-12-18-30(28(20-25)31(34)39-4)33-42(37,38)27-15-9-22(3)10-16-27/h7-20,32-33H,5-6H2,1-4H3. The van der Waals surface area contributed by atoms with Crippen LogP contribution in [0.3, 0.4) is 0 Å². The second kappa shape index (κ2) is 12.7. The molecule has 42 heavy (non-hydrogen) atoms. The van der Waals surface area contributed by atoms with E-state index in [1.54, 1.807) is 54.6 Å². The first-order valence-electron chi connectivity index (χ1n) is 13.1. The summed E-state index contributed by atoms with van der Waals surface area (Å²) < 4.78 is 67.8. The number of hydrogen-bond donors (Lipinski definition) is 2. The van der Waals surface area contributed by atoms with E-state index >= 15 is 0 Å². The minimum Gasteiger partial charge on any atom is -0.465 e. The average Bonchev–Trinajstić information content (AvgIpc) is 2.95. The zero-order valence-electron chi connectivity index (χ0n) is 23.7. The fourth-order valence-corrected chi connectivity index (χ4v) is 6.32. The number of benzene rings is 4. The summed E-state index contributed by atoms with van der Waals surface area (Å²) in [6.45, 7) is 5.71. The summed E-state index contributed by atoms with van der Waals surface area (Å²) in [6, 6.07) is 22.2. The fourth-order valence-electron chi connectivity index (χ4n) is 4.14. The average molecular weight is 609 g/mol. The van der Waals surface area contributed by atoms with Crippen molar-refractivity contribution in [3.8, 4) is 11.5 Å². The van der Waals surface area contributed by atoms with Gasteiger partial charge in [-0.05, 0) is 86.5 Å². The molecular formula is C31H32N2O7S2. The summed E-state index contributed by atoms with van der Waals surface area (Å²) in [7, 11) is -6.58. The molecule has 220 valence electrons. The molecule has 0 spiro atoms. The number of nitrogens with one attached hydrogen (secondary N) is 2. The molecule has 9 nitrogen and oxygen atoms in total. The SMILES string of the molecule is CCCc1cc(Oc2ccc(NS(=O)(=O)c3ccc(C)cc3)c(C(=O)OC)c2)ccc1NS(=O)(=O)c1ccc(C)cc1. The second-order valence-corrected chi connectivity index (χ2v) is 13.1. The Kier molecular flexibility index (Phi) is 9.23. The monoisotopic (exact) mass is 608 g/mol. The smallest absolute Gasteiger partial charge is 0.340 e. The number of carbonyl (C=O) groups excluding carboxylic acids is 1. The zero-order valence-corrected chi connectivity index (χ0v) is 25.3.